The van der Waals surface area contributed by atoms with Gasteiger partial charge in [0.25, 0.3) is 0 Å². The van der Waals surface area contributed by atoms with Gasteiger partial charge >= 0.3 is 6.18 Å². The molecule has 4 heteroatoms. The van der Waals surface area contributed by atoms with E-state index in [0.717, 1.165) is 6.07 Å². The van der Waals surface area contributed by atoms with E-state index < -0.39 is 17.2 Å². The number of ether oxygens (including phenoxy) is 1. The fraction of sp³-hybridized carbons (Fsp3) is 0.385. The van der Waals surface area contributed by atoms with Gasteiger partial charge in [0, 0.05) is 0 Å². The van der Waals surface area contributed by atoms with Gasteiger partial charge in [-0.1, -0.05) is 12.0 Å². The Morgan fingerprint density at radius 2 is 1.76 bits per heavy atom. The lowest BCUT2D eigenvalue weighted by Gasteiger charge is -2.23. The van der Waals surface area contributed by atoms with Crippen molar-refractivity contribution in [2.24, 2.45) is 0 Å². The molecular formula is C13H13F3O. The molecule has 0 aliphatic heterocycles. The smallest absolute Gasteiger partial charge is 0.416 e. The van der Waals surface area contributed by atoms with Gasteiger partial charge in [-0.25, -0.2) is 0 Å². The van der Waals surface area contributed by atoms with Crippen molar-refractivity contribution < 1.29 is 17.9 Å². The van der Waals surface area contributed by atoms with E-state index in [1.807, 2.05) is 0 Å². The molecule has 0 aliphatic carbocycles. The second kappa shape index (κ2) is 4.33. The van der Waals surface area contributed by atoms with Gasteiger partial charge in [0.1, 0.15) is 5.75 Å². The van der Waals surface area contributed by atoms with Crippen LogP contribution in [0.3, 0.4) is 0 Å². The summed E-state index contributed by atoms with van der Waals surface area (Å²) in [5.74, 6) is 2.53. The normalized spacial score (nSPS) is 12.1. The van der Waals surface area contributed by atoms with Crippen molar-refractivity contribution in [1.29, 1.82) is 0 Å². The summed E-state index contributed by atoms with van der Waals surface area (Å²) in [5.41, 5.74) is -1.65. The van der Waals surface area contributed by atoms with Crippen LogP contribution in [0, 0.1) is 12.3 Å². The standard InChI is InChI=1S/C13H13F3O/c1-5-12(2,3)10-7-6-9(17-4)8-11(10)13(14,15)16/h1,6-8H,2-4H3. The molecule has 0 unspecified atom stereocenters. The number of rotatable bonds is 2. The van der Waals surface area contributed by atoms with Crippen molar-refractivity contribution >= 4 is 0 Å². The Labute approximate surface area is 98.6 Å². The lowest BCUT2D eigenvalue weighted by Crippen LogP contribution is -2.21. The summed E-state index contributed by atoms with van der Waals surface area (Å²) in [5, 5.41) is 0. The predicted molar refractivity (Wildman–Crippen MR) is 59.9 cm³/mol. The molecule has 0 saturated carbocycles. The third-order valence-corrected chi connectivity index (χ3v) is 2.57. The maximum atomic E-state index is 12.9. The number of halogens is 3. The molecule has 1 rings (SSSR count). The Bertz CT molecular complexity index is 453. The first kappa shape index (κ1) is 13.4. The van der Waals surface area contributed by atoms with Crippen molar-refractivity contribution in [2.75, 3.05) is 7.11 Å². The SMILES string of the molecule is C#CC(C)(C)c1ccc(OC)cc1C(F)(F)F. The average molecular weight is 242 g/mol. The first-order chi connectivity index (χ1) is 7.72. The lowest BCUT2D eigenvalue weighted by molar-refractivity contribution is -0.138. The van der Waals surface area contributed by atoms with Gasteiger partial charge in [0.15, 0.2) is 0 Å². The minimum absolute atomic E-state index is 0.0771. The number of benzene rings is 1. The Hall–Kier alpha value is -1.63. The first-order valence-electron chi connectivity index (χ1n) is 4.96. The van der Waals surface area contributed by atoms with Gasteiger partial charge in [-0.3, -0.25) is 0 Å². The summed E-state index contributed by atoms with van der Waals surface area (Å²) >= 11 is 0. The van der Waals surface area contributed by atoms with Gasteiger partial charge in [-0.15, -0.1) is 6.42 Å². The minimum atomic E-state index is -4.45. The van der Waals surface area contributed by atoms with Crippen LogP contribution in [0.2, 0.25) is 0 Å². The number of hydrogen-bond donors (Lipinski definition) is 0. The van der Waals surface area contributed by atoms with Crippen LogP contribution in [0.1, 0.15) is 25.0 Å². The van der Waals surface area contributed by atoms with Crippen molar-refractivity contribution in [1.82, 2.24) is 0 Å². The zero-order valence-corrected chi connectivity index (χ0v) is 9.85. The van der Waals surface area contributed by atoms with Crippen LogP contribution >= 0.6 is 0 Å². The van der Waals surface area contributed by atoms with Gasteiger partial charge < -0.3 is 4.74 Å². The Morgan fingerprint density at radius 3 is 2.18 bits per heavy atom. The van der Waals surface area contributed by atoms with Gasteiger partial charge in [0.05, 0.1) is 18.1 Å². The fourth-order valence-electron chi connectivity index (χ4n) is 1.51. The highest BCUT2D eigenvalue weighted by atomic mass is 19.4. The van der Waals surface area contributed by atoms with E-state index in [1.165, 1.54) is 19.2 Å². The number of terminal acetylenes is 1. The van der Waals surface area contributed by atoms with E-state index in [0.29, 0.717) is 0 Å². The number of alkyl halides is 3. The highest BCUT2D eigenvalue weighted by Crippen LogP contribution is 2.39. The molecule has 1 aromatic carbocycles. The highest BCUT2D eigenvalue weighted by Gasteiger charge is 2.37. The molecule has 0 aliphatic rings. The van der Waals surface area contributed by atoms with E-state index in [1.54, 1.807) is 13.8 Å². The van der Waals surface area contributed by atoms with Crippen molar-refractivity contribution in [2.45, 2.75) is 25.4 Å². The largest absolute Gasteiger partial charge is 0.497 e. The molecule has 0 aromatic heterocycles. The van der Waals surface area contributed by atoms with E-state index in [9.17, 15) is 13.2 Å². The van der Waals surface area contributed by atoms with Crippen molar-refractivity contribution in [3.8, 4) is 18.1 Å². The van der Waals surface area contributed by atoms with Crippen LogP contribution in [0.25, 0.3) is 0 Å². The second-order valence-corrected chi connectivity index (χ2v) is 4.18. The minimum Gasteiger partial charge on any atom is -0.497 e. The van der Waals surface area contributed by atoms with Crippen LogP contribution < -0.4 is 4.74 Å². The summed E-state index contributed by atoms with van der Waals surface area (Å²) in [6.07, 6.45) is 0.826. The van der Waals surface area contributed by atoms with Crippen LogP contribution in [0.5, 0.6) is 5.75 Å². The first-order valence-corrected chi connectivity index (χ1v) is 4.96. The molecule has 0 amide bonds. The van der Waals surface area contributed by atoms with Crippen LogP contribution in [0.15, 0.2) is 18.2 Å². The molecule has 1 nitrogen and oxygen atoms in total. The molecule has 0 atom stereocenters. The Morgan fingerprint density at radius 1 is 1.18 bits per heavy atom. The molecule has 0 fully saturated rings. The van der Waals surface area contributed by atoms with E-state index >= 15 is 0 Å². The van der Waals surface area contributed by atoms with Gasteiger partial charge in [-0.2, -0.15) is 13.2 Å². The highest BCUT2D eigenvalue weighted by molar-refractivity contribution is 5.44. The summed E-state index contributed by atoms with van der Waals surface area (Å²) < 4.78 is 43.5. The molecule has 92 valence electrons. The summed E-state index contributed by atoms with van der Waals surface area (Å²) in [6, 6.07) is 3.81. The Balaban J connectivity index is 3.47. The lowest BCUT2D eigenvalue weighted by atomic mass is 9.82. The van der Waals surface area contributed by atoms with E-state index in [4.69, 9.17) is 11.2 Å². The zero-order chi connectivity index (χ0) is 13.3. The molecule has 0 heterocycles. The van der Waals surface area contributed by atoms with E-state index in [2.05, 4.69) is 5.92 Å². The summed E-state index contributed by atoms with van der Waals surface area (Å²) in [7, 11) is 1.32. The number of methoxy groups -OCH3 is 1. The maximum Gasteiger partial charge on any atom is 0.416 e. The third kappa shape index (κ3) is 2.73. The molecule has 17 heavy (non-hydrogen) atoms. The van der Waals surface area contributed by atoms with Crippen LogP contribution in [0.4, 0.5) is 13.2 Å². The quantitative estimate of drug-likeness (QED) is 0.720. The predicted octanol–water partition coefficient (Wildman–Crippen LogP) is 3.62. The van der Waals surface area contributed by atoms with Gasteiger partial charge in [-0.05, 0) is 31.5 Å². The molecule has 0 bridgehead atoms. The molecule has 0 saturated heterocycles. The van der Waals surface area contributed by atoms with E-state index in [-0.39, 0.29) is 11.3 Å². The van der Waals surface area contributed by atoms with Crippen LogP contribution in [-0.4, -0.2) is 7.11 Å². The topological polar surface area (TPSA) is 9.23 Å². The summed E-state index contributed by atoms with van der Waals surface area (Å²) in [6.45, 7) is 3.15. The molecule has 0 N–H and O–H groups in total. The van der Waals surface area contributed by atoms with Crippen LogP contribution in [-0.2, 0) is 11.6 Å². The van der Waals surface area contributed by atoms with Crippen molar-refractivity contribution in [3.05, 3.63) is 29.3 Å². The average Bonchev–Trinajstić information content (AvgIpc) is 2.27. The summed E-state index contributed by atoms with van der Waals surface area (Å²) in [4.78, 5) is 0. The molecule has 0 spiro atoms. The third-order valence-electron chi connectivity index (χ3n) is 2.57. The molecule has 1 aromatic rings. The number of hydrogen-bond acceptors (Lipinski definition) is 1. The van der Waals surface area contributed by atoms with Crippen molar-refractivity contribution in [3.63, 3.8) is 0 Å². The zero-order valence-electron chi connectivity index (χ0n) is 9.85. The molecular weight excluding hydrogens is 229 g/mol. The maximum absolute atomic E-state index is 12.9. The Kier molecular flexibility index (Phi) is 3.42. The fourth-order valence-corrected chi connectivity index (χ4v) is 1.51. The molecule has 0 radical (unpaired) electrons. The monoisotopic (exact) mass is 242 g/mol. The second-order valence-electron chi connectivity index (χ2n) is 4.18. The van der Waals surface area contributed by atoms with Gasteiger partial charge in [0.2, 0.25) is 0 Å².